The van der Waals surface area contributed by atoms with Crippen LogP contribution in [0.1, 0.15) is 44.9 Å². The lowest BCUT2D eigenvalue weighted by molar-refractivity contribution is -0.127. The number of carbonyl (C=O) groups is 2. The maximum atomic E-state index is 12.0. The van der Waals surface area contributed by atoms with Crippen LogP contribution in [0.25, 0.3) is 0 Å². The van der Waals surface area contributed by atoms with Crippen LogP contribution in [0.4, 0.5) is 5.69 Å². The van der Waals surface area contributed by atoms with E-state index in [1.165, 1.54) is 12.8 Å². The van der Waals surface area contributed by atoms with Crippen LogP contribution in [0.3, 0.4) is 0 Å². The number of hydrogen-bond donors (Lipinski definition) is 2. The van der Waals surface area contributed by atoms with Crippen LogP contribution >= 0.6 is 23.2 Å². The van der Waals surface area contributed by atoms with Gasteiger partial charge < -0.3 is 10.6 Å². The molecule has 1 aliphatic carbocycles. The lowest BCUT2D eigenvalue weighted by Gasteiger charge is -2.16. The normalized spacial score (nSPS) is 15.9. The number of nitrogens with one attached hydrogen (secondary N) is 2. The van der Waals surface area contributed by atoms with Gasteiger partial charge in [0.25, 0.3) is 0 Å². The van der Waals surface area contributed by atoms with E-state index in [1.54, 1.807) is 18.2 Å². The second kappa shape index (κ2) is 8.39. The smallest absolute Gasteiger partial charge is 0.233 e. The van der Waals surface area contributed by atoms with Crippen molar-refractivity contribution < 1.29 is 9.59 Å². The summed E-state index contributed by atoms with van der Waals surface area (Å²) in [6.45, 7) is 0. The predicted octanol–water partition coefficient (Wildman–Crippen LogP) is 4.16. The van der Waals surface area contributed by atoms with Crippen LogP contribution in [0.15, 0.2) is 18.2 Å². The van der Waals surface area contributed by atoms with Gasteiger partial charge in [-0.2, -0.15) is 0 Å². The highest BCUT2D eigenvalue weighted by atomic mass is 35.5. The molecule has 2 rings (SSSR count). The molecule has 2 amide bonds. The van der Waals surface area contributed by atoms with Crippen molar-refractivity contribution in [2.75, 3.05) is 5.32 Å². The van der Waals surface area contributed by atoms with Gasteiger partial charge in [-0.25, -0.2) is 0 Å². The summed E-state index contributed by atoms with van der Waals surface area (Å²) in [6, 6.07) is 5.15. The average molecular weight is 343 g/mol. The van der Waals surface area contributed by atoms with Gasteiger partial charge in [-0.05, 0) is 25.0 Å². The fourth-order valence-electron chi connectivity index (χ4n) is 2.65. The van der Waals surface area contributed by atoms with E-state index < -0.39 is 5.91 Å². The SMILES string of the molecule is O=C(CC(=O)NC1CCCCCC1)Nc1c(Cl)cccc1Cl. The first-order chi connectivity index (χ1) is 10.6. The summed E-state index contributed by atoms with van der Waals surface area (Å²) < 4.78 is 0. The summed E-state index contributed by atoms with van der Waals surface area (Å²) in [5, 5.41) is 6.24. The standard InChI is InChI=1S/C16H20Cl2N2O2/c17-12-8-5-9-13(18)16(12)20-15(22)10-14(21)19-11-6-3-1-2-4-7-11/h5,8-9,11H,1-4,6-7,10H2,(H,19,21)(H,20,22). The number of carbonyl (C=O) groups excluding carboxylic acids is 2. The Morgan fingerprint density at radius 3 is 2.18 bits per heavy atom. The molecule has 2 N–H and O–H groups in total. The molecule has 6 heteroatoms. The summed E-state index contributed by atoms with van der Waals surface area (Å²) >= 11 is 12.0. The summed E-state index contributed by atoms with van der Waals surface area (Å²) in [4.78, 5) is 23.9. The molecule has 0 saturated heterocycles. The molecule has 22 heavy (non-hydrogen) atoms. The molecule has 1 aromatic rings. The van der Waals surface area contributed by atoms with E-state index >= 15 is 0 Å². The van der Waals surface area contributed by atoms with E-state index in [-0.39, 0.29) is 18.4 Å². The Bertz CT molecular complexity index is 521. The number of benzene rings is 1. The Hall–Kier alpha value is -1.26. The van der Waals surface area contributed by atoms with E-state index in [4.69, 9.17) is 23.2 Å². The van der Waals surface area contributed by atoms with Crippen LogP contribution in [0, 0.1) is 0 Å². The van der Waals surface area contributed by atoms with E-state index in [1.807, 2.05) is 0 Å². The van der Waals surface area contributed by atoms with Gasteiger partial charge in [0, 0.05) is 6.04 Å². The molecule has 0 atom stereocenters. The fraction of sp³-hybridized carbons (Fsp3) is 0.500. The number of rotatable bonds is 4. The van der Waals surface area contributed by atoms with E-state index in [2.05, 4.69) is 10.6 Å². The van der Waals surface area contributed by atoms with Crippen molar-refractivity contribution >= 4 is 40.7 Å². The molecule has 1 saturated carbocycles. The number of amides is 2. The van der Waals surface area contributed by atoms with Gasteiger partial charge in [-0.3, -0.25) is 9.59 Å². The lowest BCUT2D eigenvalue weighted by Crippen LogP contribution is -2.36. The molecule has 1 aromatic carbocycles. The lowest BCUT2D eigenvalue weighted by atomic mass is 10.1. The molecule has 1 fully saturated rings. The van der Waals surface area contributed by atoms with Gasteiger partial charge in [-0.15, -0.1) is 0 Å². The van der Waals surface area contributed by atoms with Gasteiger partial charge in [0.15, 0.2) is 0 Å². The summed E-state index contributed by atoms with van der Waals surface area (Å²) in [7, 11) is 0. The zero-order valence-electron chi connectivity index (χ0n) is 12.3. The van der Waals surface area contributed by atoms with Gasteiger partial charge in [0.2, 0.25) is 11.8 Å². The number of para-hydroxylation sites is 1. The number of halogens is 2. The Morgan fingerprint density at radius 2 is 1.59 bits per heavy atom. The molecule has 4 nitrogen and oxygen atoms in total. The topological polar surface area (TPSA) is 58.2 Å². The van der Waals surface area contributed by atoms with E-state index in [0.29, 0.717) is 15.7 Å². The van der Waals surface area contributed by atoms with Crippen LogP contribution in [-0.2, 0) is 9.59 Å². The highest BCUT2D eigenvalue weighted by molar-refractivity contribution is 6.39. The minimum absolute atomic E-state index is 0.187. The quantitative estimate of drug-likeness (QED) is 0.637. The maximum Gasteiger partial charge on any atom is 0.233 e. The van der Waals surface area contributed by atoms with Crippen molar-refractivity contribution in [3.05, 3.63) is 28.2 Å². The van der Waals surface area contributed by atoms with Crippen molar-refractivity contribution in [1.29, 1.82) is 0 Å². The van der Waals surface area contributed by atoms with Gasteiger partial charge in [0.1, 0.15) is 6.42 Å². The predicted molar refractivity (Wildman–Crippen MR) is 89.3 cm³/mol. The monoisotopic (exact) mass is 342 g/mol. The second-order valence-corrected chi connectivity index (χ2v) is 6.39. The molecule has 0 unspecified atom stereocenters. The molecule has 1 aliphatic rings. The molecule has 0 heterocycles. The Morgan fingerprint density at radius 1 is 1.00 bits per heavy atom. The summed E-state index contributed by atoms with van der Waals surface area (Å²) in [5.74, 6) is -0.673. The van der Waals surface area contributed by atoms with E-state index in [9.17, 15) is 9.59 Å². The molecule has 0 aromatic heterocycles. The summed E-state index contributed by atoms with van der Waals surface area (Å²) in [6.07, 6.45) is 6.46. The fourth-order valence-corrected chi connectivity index (χ4v) is 3.14. The van der Waals surface area contributed by atoms with Crippen molar-refractivity contribution in [1.82, 2.24) is 5.32 Å². The van der Waals surface area contributed by atoms with Crippen LogP contribution in [0.2, 0.25) is 10.0 Å². The Labute approximate surface area is 140 Å². The molecular formula is C16H20Cl2N2O2. The largest absolute Gasteiger partial charge is 0.353 e. The highest BCUT2D eigenvalue weighted by Gasteiger charge is 2.17. The average Bonchev–Trinajstić information content (AvgIpc) is 2.71. The third-order valence-electron chi connectivity index (χ3n) is 3.77. The van der Waals surface area contributed by atoms with Crippen LogP contribution in [0.5, 0.6) is 0 Å². The van der Waals surface area contributed by atoms with Gasteiger partial charge in [-0.1, -0.05) is 55.0 Å². The highest BCUT2D eigenvalue weighted by Crippen LogP contribution is 2.29. The van der Waals surface area contributed by atoms with E-state index in [0.717, 1.165) is 25.7 Å². The first-order valence-corrected chi connectivity index (χ1v) is 8.35. The first-order valence-electron chi connectivity index (χ1n) is 7.59. The van der Waals surface area contributed by atoms with Gasteiger partial charge >= 0.3 is 0 Å². The third-order valence-corrected chi connectivity index (χ3v) is 4.40. The molecule has 120 valence electrons. The van der Waals surface area contributed by atoms with Gasteiger partial charge in [0.05, 0.1) is 15.7 Å². The molecule has 0 aliphatic heterocycles. The Kier molecular flexibility index (Phi) is 6.52. The minimum atomic E-state index is -0.416. The maximum absolute atomic E-state index is 12.0. The number of anilines is 1. The zero-order valence-corrected chi connectivity index (χ0v) is 13.8. The molecular weight excluding hydrogens is 323 g/mol. The van der Waals surface area contributed by atoms with Crippen molar-refractivity contribution in [3.8, 4) is 0 Å². The zero-order chi connectivity index (χ0) is 15.9. The minimum Gasteiger partial charge on any atom is -0.353 e. The van der Waals surface area contributed by atoms with Crippen molar-refractivity contribution in [2.24, 2.45) is 0 Å². The van der Waals surface area contributed by atoms with Crippen molar-refractivity contribution in [3.63, 3.8) is 0 Å². The summed E-state index contributed by atoms with van der Waals surface area (Å²) in [5.41, 5.74) is 0.345. The first kappa shape index (κ1) is 17.1. The second-order valence-electron chi connectivity index (χ2n) is 5.58. The third kappa shape index (κ3) is 5.18. The van der Waals surface area contributed by atoms with Crippen molar-refractivity contribution in [2.45, 2.75) is 51.0 Å². The van der Waals surface area contributed by atoms with Crippen LogP contribution in [-0.4, -0.2) is 17.9 Å². The molecule has 0 spiro atoms. The number of hydrogen-bond acceptors (Lipinski definition) is 2. The van der Waals surface area contributed by atoms with Crippen LogP contribution < -0.4 is 10.6 Å². The Balaban J connectivity index is 1.84. The molecule has 0 bridgehead atoms. The molecule has 0 radical (unpaired) electrons.